The highest BCUT2D eigenvalue weighted by atomic mass is 32.2. The van der Waals surface area contributed by atoms with Gasteiger partial charge in [-0.05, 0) is 44.1 Å². The summed E-state index contributed by atoms with van der Waals surface area (Å²) in [4.78, 5) is 4.07. The number of thioether (sulfide) groups is 1. The first kappa shape index (κ1) is 12.3. The summed E-state index contributed by atoms with van der Waals surface area (Å²) in [6.07, 6.45) is 8.75. The average Bonchev–Trinajstić information content (AvgIpc) is 2.40. The van der Waals surface area contributed by atoms with Crippen molar-refractivity contribution in [1.82, 2.24) is 4.98 Å². The molecule has 1 aromatic rings. The Morgan fingerprint density at radius 2 is 2.18 bits per heavy atom. The number of pyridine rings is 1. The molecule has 3 nitrogen and oxygen atoms in total. The summed E-state index contributed by atoms with van der Waals surface area (Å²) in [5, 5.41) is 13.2. The Hall–Kier alpha value is -1.21. The van der Waals surface area contributed by atoms with Crippen LogP contribution in [0.15, 0.2) is 18.3 Å². The fraction of sp³-hybridized carbons (Fsp3) is 0.538. The van der Waals surface area contributed by atoms with Gasteiger partial charge >= 0.3 is 0 Å². The number of nitrogens with zero attached hydrogens (tertiary/aromatic N) is 2. The van der Waals surface area contributed by atoms with Crippen molar-refractivity contribution in [3.8, 4) is 6.07 Å². The minimum Gasteiger partial charge on any atom is -0.380 e. The molecular formula is C13H17N3S. The molecule has 4 heteroatoms. The monoisotopic (exact) mass is 247 g/mol. The molecule has 0 atom stereocenters. The van der Waals surface area contributed by atoms with E-state index in [1.807, 2.05) is 23.9 Å². The van der Waals surface area contributed by atoms with Gasteiger partial charge in [-0.25, -0.2) is 4.98 Å². The smallest absolute Gasteiger partial charge is 0.163 e. The largest absolute Gasteiger partial charge is 0.380 e. The van der Waals surface area contributed by atoms with E-state index in [1.54, 1.807) is 6.20 Å². The molecule has 1 aliphatic rings. The van der Waals surface area contributed by atoms with Crippen LogP contribution in [0.2, 0.25) is 0 Å². The summed E-state index contributed by atoms with van der Waals surface area (Å²) in [5.41, 5.74) is 1.38. The fourth-order valence-electron chi connectivity index (χ4n) is 2.27. The first-order chi connectivity index (χ1) is 8.33. The maximum atomic E-state index is 8.97. The van der Waals surface area contributed by atoms with Gasteiger partial charge in [0.05, 0.1) is 5.69 Å². The molecule has 1 heterocycles. The van der Waals surface area contributed by atoms with E-state index in [-0.39, 0.29) is 0 Å². The van der Waals surface area contributed by atoms with Crippen LogP contribution in [-0.4, -0.2) is 22.5 Å². The minimum absolute atomic E-state index is 0.495. The van der Waals surface area contributed by atoms with Gasteiger partial charge in [0, 0.05) is 17.5 Å². The van der Waals surface area contributed by atoms with E-state index in [9.17, 15) is 0 Å². The molecule has 90 valence electrons. The normalized spacial score (nSPS) is 24.0. The number of rotatable bonds is 3. The number of hydrogen-bond acceptors (Lipinski definition) is 4. The number of hydrogen-bond donors (Lipinski definition) is 1. The molecule has 1 aliphatic carbocycles. The lowest BCUT2D eigenvalue weighted by Crippen LogP contribution is -2.27. The second-order valence-corrected chi connectivity index (χ2v) is 5.50. The van der Waals surface area contributed by atoms with Crippen LogP contribution in [0.5, 0.6) is 0 Å². The van der Waals surface area contributed by atoms with Gasteiger partial charge in [0.2, 0.25) is 0 Å². The highest BCUT2D eigenvalue weighted by Gasteiger charge is 2.20. The van der Waals surface area contributed by atoms with Crippen LogP contribution in [-0.2, 0) is 0 Å². The van der Waals surface area contributed by atoms with Crippen LogP contribution < -0.4 is 5.32 Å². The third kappa shape index (κ3) is 3.13. The lowest BCUT2D eigenvalue weighted by molar-refractivity contribution is 0.473. The Labute approximate surface area is 107 Å². The minimum atomic E-state index is 0.495. The Balaban J connectivity index is 1.96. The maximum absolute atomic E-state index is 8.97. The van der Waals surface area contributed by atoms with E-state index >= 15 is 0 Å². The first-order valence-corrected chi connectivity index (χ1v) is 7.26. The van der Waals surface area contributed by atoms with Crippen molar-refractivity contribution >= 4 is 17.4 Å². The fourth-order valence-corrected chi connectivity index (χ4v) is 3.02. The third-order valence-electron chi connectivity index (χ3n) is 3.28. The second-order valence-electron chi connectivity index (χ2n) is 4.37. The molecule has 1 fully saturated rings. The highest BCUT2D eigenvalue weighted by molar-refractivity contribution is 7.99. The molecule has 0 radical (unpaired) electrons. The van der Waals surface area contributed by atoms with E-state index in [2.05, 4.69) is 22.6 Å². The van der Waals surface area contributed by atoms with Crippen LogP contribution in [0.1, 0.15) is 31.4 Å². The number of nitrogens with one attached hydrogen (secondary N) is 1. The van der Waals surface area contributed by atoms with Gasteiger partial charge in [0.15, 0.2) is 5.69 Å². The summed E-state index contributed by atoms with van der Waals surface area (Å²) in [5.74, 6) is 0. The zero-order chi connectivity index (χ0) is 12.1. The number of aromatic nitrogens is 1. The van der Waals surface area contributed by atoms with Gasteiger partial charge in [-0.3, -0.25) is 0 Å². The van der Waals surface area contributed by atoms with Crippen molar-refractivity contribution in [3.05, 3.63) is 24.0 Å². The molecule has 0 aliphatic heterocycles. The Bertz CT molecular complexity index is 405. The van der Waals surface area contributed by atoms with Crippen molar-refractivity contribution in [2.45, 2.75) is 37.0 Å². The third-order valence-corrected chi connectivity index (χ3v) is 4.42. The highest BCUT2D eigenvalue weighted by Crippen LogP contribution is 2.28. The summed E-state index contributed by atoms with van der Waals surface area (Å²) in [6.45, 7) is 0. The zero-order valence-electron chi connectivity index (χ0n) is 10.0. The van der Waals surface area contributed by atoms with E-state index in [0.29, 0.717) is 11.7 Å². The molecular weight excluding hydrogens is 230 g/mol. The van der Waals surface area contributed by atoms with E-state index in [1.165, 1.54) is 25.7 Å². The Morgan fingerprint density at radius 1 is 1.41 bits per heavy atom. The van der Waals surface area contributed by atoms with Crippen molar-refractivity contribution in [2.24, 2.45) is 0 Å². The van der Waals surface area contributed by atoms with Gasteiger partial charge < -0.3 is 5.32 Å². The Kier molecular flexibility index (Phi) is 4.27. The quantitative estimate of drug-likeness (QED) is 0.892. The van der Waals surface area contributed by atoms with Crippen LogP contribution in [0, 0.1) is 11.3 Å². The Morgan fingerprint density at radius 3 is 2.82 bits per heavy atom. The SMILES string of the molecule is CSC1CCC(Nc2cccnc2C#N)CC1. The van der Waals surface area contributed by atoms with Gasteiger partial charge in [-0.1, -0.05) is 0 Å². The van der Waals surface area contributed by atoms with Crippen molar-refractivity contribution in [2.75, 3.05) is 11.6 Å². The van der Waals surface area contributed by atoms with Crippen LogP contribution in [0.4, 0.5) is 5.69 Å². The van der Waals surface area contributed by atoms with Crippen molar-refractivity contribution in [1.29, 1.82) is 5.26 Å². The van der Waals surface area contributed by atoms with Crippen molar-refractivity contribution < 1.29 is 0 Å². The molecule has 2 rings (SSSR count). The molecule has 1 saturated carbocycles. The van der Waals surface area contributed by atoms with Gasteiger partial charge in [0.1, 0.15) is 6.07 Å². The van der Waals surface area contributed by atoms with Crippen LogP contribution >= 0.6 is 11.8 Å². The maximum Gasteiger partial charge on any atom is 0.163 e. The number of nitriles is 1. The molecule has 0 saturated heterocycles. The lowest BCUT2D eigenvalue weighted by Gasteiger charge is -2.28. The van der Waals surface area contributed by atoms with Crippen LogP contribution in [0.25, 0.3) is 0 Å². The summed E-state index contributed by atoms with van der Waals surface area (Å²) < 4.78 is 0. The van der Waals surface area contributed by atoms with E-state index in [4.69, 9.17) is 5.26 Å². The van der Waals surface area contributed by atoms with Crippen LogP contribution in [0.3, 0.4) is 0 Å². The van der Waals surface area contributed by atoms with Crippen molar-refractivity contribution in [3.63, 3.8) is 0 Å². The average molecular weight is 247 g/mol. The van der Waals surface area contributed by atoms with E-state index in [0.717, 1.165) is 10.9 Å². The molecule has 1 aromatic heterocycles. The number of anilines is 1. The van der Waals surface area contributed by atoms with Gasteiger partial charge in [0.25, 0.3) is 0 Å². The molecule has 0 aromatic carbocycles. The summed E-state index contributed by atoms with van der Waals surface area (Å²) in [7, 11) is 0. The lowest BCUT2D eigenvalue weighted by atomic mass is 9.94. The predicted molar refractivity (Wildman–Crippen MR) is 72.1 cm³/mol. The van der Waals surface area contributed by atoms with Gasteiger partial charge in [-0.15, -0.1) is 0 Å². The molecule has 17 heavy (non-hydrogen) atoms. The second kappa shape index (κ2) is 5.92. The predicted octanol–water partition coefficient (Wildman–Crippen LogP) is 3.04. The van der Waals surface area contributed by atoms with Gasteiger partial charge in [-0.2, -0.15) is 17.0 Å². The molecule has 0 spiro atoms. The summed E-state index contributed by atoms with van der Waals surface area (Å²) >= 11 is 1.97. The molecule has 0 bridgehead atoms. The summed E-state index contributed by atoms with van der Waals surface area (Å²) in [6, 6.07) is 6.43. The standard InChI is InChI=1S/C13H17N3S/c1-17-11-6-4-10(5-7-11)16-12-3-2-8-15-13(12)9-14/h2-3,8,10-11,16H,4-7H2,1H3. The van der Waals surface area contributed by atoms with E-state index < -0.39 is 0 Å². The first-order valence-electron chi connectivity index (χ1n) is 5.98. The molecule has 0 amide bonds. The zero-order valence-corrected chi connectivity index (χ0v) is 10.8. The molecule has 0 unspecified atom stereocenters. The topological polar surface area (TPSA) is 48.7 Å². The molecule has 1 N–H and O–H groups in total.